The summed E-state index contributed by atoms with van der Waals surface area (Å²) in [6, 6.07) is 0. The molecule has 0 aromatic heterocycles. The van der Waals surface area contributed by atoms with Gasteiger partial charge in [0.05, 0.1) is 6.54 Å². The molecule has 0 aromatic carbocycles. The molecule has 0 aliphatic heterocycles. The number of unbranched alkanes of at least 4 members (excludes halogenated alkanes) is 7. The molecule has 0 spiro atoms. The van der Waals surface area contributed by atoms with Crippen molar-refractivity contribution in [3.63, 3.8) is 0 Å². The summed E-state index contributed by atoms with van der Waals surface area (Å²) < 4.78 is 26.1. The number of hydrogen-bond acceptors (Lipinski definition) is 12. The Morgan fingerprint density at radius 3 is 1.38 bits per heavy atom. The highest BCUT2D eigenvalue weighted by Crippen LogP contribution is 2.20. The molecule has 1 N–H and O–H groups in total. The minimum absolute atomic E-state index is 0.193. The first-order valence-corrected chi connectivity index (χ1v) is 14.4. The quantitative estimate of drug-likeness (QED) is 0.0809. The van der Waals surface area contributed by atoms with Crippen molar-refractivity contribution in [3.8, 4) is 0 Å². The summed E-state index contributed by atoms with van der Waals surface area (Å²) in [7, 11) is 0. The van der Waals surface area contributed by atoms with Gasteiger partial charge in [0.1, 0.15) is 6.61 Å². The first-order chi connectivity index (χ1) is 19.7. The van der Waals surface area contributed by atoms with Crippen LogP contribution in [-0.2, 0) is 57.2 Å². The summed E-state index contributed by atoms with van der Waals surface area (Å²) in [6.07, 6.45) is 1.84. The van der Waals surface area contributed by atoms with Crippen molar-refractivity contribution in [2.24, 2.45) is 0 Å². The summed E-state index contributed by atoms with van der Waals surface area (Å²) in [5.74, 6) is -4.37. The van der Waals surface area contributed by atoms with Gasteiger partial charge in [-0.15, -0.1) is 0 Å². The van der Waals surface area contributed by atoms with Gasteiger partial charge in [-0.05, 0) is 24.4 Å². The van der Waals surface area contributed by atoms with Gasteiger partial charge < -0.3 is 29.0 Å². The molecule has 4 atom stereocenters. The molecule has 0 aliphatic rings. The Hall–Kier alpha value is -3.22. The maximum Gasteiger partial charge on any atom is 0.303 e. The Morgan fingerprint density at radius 2 is 0.952 bits per heavy atom. The van der Waals surface area contributed by atoms with Crippen LogP contribution in [0.2, 0.25) is 0 Å². The van der Waals surface area contributed by atoms with E-state index in [2.05, 4.69) is 5.32 Å². The summed E-state index contributed by atoms with van der Waals surface area (Å²) in [4.78, 5) is 82.3. The molecule has 240 valence electrons. The molecule has 0 aromatic rings. The molecule has 42 heavy (non-hydrogen) atoms. The Morgan fingerprint density at radius 1 is 0.548 bits per heavy atom. The van der Waals surface area contributed by atoms with E-state index < -0.39 is 60.9 Å². The lowest BCUT2D eigenvalue weighted by Crippen LogP contribution is -2.55. The molecule has 13 nitrogen and oxygen atoms in total. The van der Waals surface area contributed by atoms with Crippen LogP contribution < -0.4 is 5.32 Å². The van der Waals surface area contributed by atoms with E-state index in [9.17, 15) is 33.6 Å². The number of halogens is 1. The molecule has 0 bridgehead atoms. The standard InChI is InChI=1S/C28H44ClNO12/c1-18(31)38-17-24(40-20(3)33)28(42-22(5)35)27(41-21(4)34)23(39-19(2)32)16-30-26(37)15-13-11-9-7-6-8-10-12-14-25(29)36/h23-24,27-28H,6-17H2,1-5H3,(H,30,37)/t23?,24-,27?,28-/m1/s1. The number of rotatable bonds is 22. The molecule has 14 heteroatoms. The van der Waals surface area contributed by atoms with E-state index in [1.165, 1.54) is 0 Å². The van der Waals surface area contributed by atoms with Crippen LogP contribution in [0.15, 0.2) is 0 Å². The highest BCUT2D eigenvalue weighted by atomic mass is 35.5. The van der Waals surface area contributed by atoms with E-state index in [1.54, 1.807) is 0 Å². The summed E-state index contributed by atoms with van der Waals surface area (Å²) in [5, 5.41) is 2.32. The molecule has 0 radical (unpaired) electrons. The van der Waals surface area contributed by atoms with Gasteiger partial charge in [-0.25, -0.2) is 0 Å². The van der Waals surface area contributed by atoms with Crippen molar-refractivity contribution in [2.45, 2.75) is 123 Å². The highest BCUT2D eigenvalue weighted by molar-refractivity contribution is 6.63. The van der Waals surface area contributed by atoms with E-state index in [1.807, 2.05) is 0 Å². The lowest BCUT2D eigenvalue weighted by atomic mass is 10.0. The fraction of sp³-hybridized carbons (Fsp3) is 0.750. The fourth-order valence-corrected chi connectivity index (χ4v) is 4.19. The van der Waals surface area contributed by atoms with Crippen molar-refractivity contribution in [1.82, 2.24) is 5.32 Å². The highest BCUT2D eigenvalue weighted by Gasteiger charge is 2.44. The van der Waals surface area contributed by atoms with Crippen LogP contribution in [0.3, 0.4) is 0 Å². The van der Waals surface area contributed by atoms with Gasteiger partial charge in [0, 0.05) is 47.5 Å². The summed E-state index contributed by atoms with van der Waals surface area (Å²) >= 11 is 5.32. The third-order valence-electron chi connectivity index (χ3n) is 5.77. The van der Waals surface area contributed by atoms with Gasteiger partial charge in [-0.1, -0.05) is 38.5 Å². The van der Waals surface area contributed by atoms with Crippen LogP contribution in [0.25, 0.3) is 0 Å². The van der Waals surface area contributed by atoms with Crippen molar-refractivity contribution in [3.05, 3.63) is 0 Å². The van der Waals surface area contributed by atoms with E-state index in [4.69, 9.17) is 35.3 Å². The number of hydrogen-bond donors (Lipinski definition) is 1. The minimum Gasteiger partial charge on any atom is -0.462 e. The van der Waals surface area contributed by atoms with Gasteiger partial charge in [0.25, 0.3) is 0 Å². The van der Waals surface area contributed by atoms with Crippen LogP contribution in [0.5, 0.6) is 0 Å². The molecular formula is C28H44ClNO12. The van der Waals surface area contributed by atoms with Gasteiger partial charge in [0.2, 0.25) is 11.1 Å². The number of ether oxygens (including phenoxy) is 5. The summed E-state index contributed by atoms with van der Waals surface area (Å²) in [6.45, 7) is 4.52. The largest absolute Gasteiger partial charge is 0.462 e. The van der Waals surface area contributed by atoms with Gasteiger partial charge in [0.15, 0.2) is 24.4 Å². The van der Waals surface area contributed by atoms with Crippen LogP contribution in [0, 0.1) is 0 Å². The molecule has 0 saturated carbocycles. The van der Waals surface area contributed by atoms with Crippen molar-refractivity contribution >= 4 is 52.6 Å². The van der Waals surface area contributed by atoms with Gasteiger partial charge in [-0.2, -0.15) is 0 Å². The van der Waals surface area contributed by atoms with Crippen LogP contribution in [0.4, 0.5) is 0 Å². The monoisotopic (exact) mass is 621 g/mol. The number of amides is 1. The molecule has 2 unspecified atom stereocenters. The Balaban J connectivity index is 5.34. The molecular weight excluding hydrogens is 578 g/mol. The topological polar surface area (TPSA) is 178 Å². The van der Waals surface area contributed by atoms with Crippen molar-refractivity contribution < 1.29 is 57.2 Å². The normalized spacial score (nSPS) is 13.5. The molecule has 1 amide bonds. The van der Waals surface area contributed by atoms with Crippen LogP contribution in [-0.4, -0.2) is 78.6 Å². The number of carbonyl (C=O) groups is 7. The third-order valence-corrected chi connectivity index (χ3v) is 5.96. The van der Waals surface area contributed by atoms with E-state index in [-0.39, 0.29) is 24.1 Å². The van der Waals surface area contributed by atoms with E-state index in [0.29, 0.717) is 12.8 Å². The molecule has 0 saturated heterocycles. The minimum atomic E-state index is -1.56. The fourth-order valence-electron chi connectivity index (χ4n) is 4.05. The molecule has 0 heterocycles. The lowest BCUT2D eigenvalue weighted by molar-refractivity contribution is -0.202. The van der Waals surface area contributed by atoms with E-state index in [0.717, 1.165) is 79.6 Å². The Kier molecular flexibility index (Phi) is 20.7. The predicted octanol–water partition coefficient (Wildman–Crippen LogP) is 3.06. The maximum absolute atomic E-state index is 12.5. The second-order valence-corrected chi connectivity index (χ2v) is 10.2. The van der Waals surface area contributed by atoms with Crippen molar-refractivity contribution in [2.75, 3.05) is 13.2 Å². The SMILES string of the molecule is CC(=O)OC[C@@H](OC(C)=O)[C@@H](OC(C)=O)C(OC(C)=O)C(CNC(=O)CCCCCCCCCCC(=O)Cl)OC(C)=O. The first-order valence-electron chi connectivity index (χ1n) is 14.0. The number of carbonyl (C=O) groups excluding carboxylic acids is 7. The second kappa shape index (κ2) is 22.4. The zero-order chi connectivity index (χ0) is 32.1. The van der Waals surface area contributed by atoms with Crippen LogP contribution >= 0.6 is 11.6 Å². The van der Waals surface area contributed by atoms with E-state index >= 15 is 0 Å². The van der Waals surface area contributed by atoms with Gasteiger partial charge in [-0.3, -0.25) is 33.6 Å². The first kappa shape index (κ1) is 38.8. The molecule has 0 fully saturated rings. The average molecular weight is 622 g/mol. The van der Waals surface area contributed by atoms with Gasteiger partial charge >= 0.3 is 29.8 Å². The molecule has 0 aliphatic carbocycles. The molecule has 0 rings (SSSR count). The lowest BCUT2D eigenvalue weighted by Gasteiger charge is -2.35. The average Bonchev–Trinajstić information content (AvgIpc) is 2.86. The maximum atomic E-state index is 12.5. The summed E-state index contributed by atoms with van der Waals surface area (Å²) in [5.41, 5.74) is 0. The van der Waals surface area contributed by atoms with Crippen molar-refractivity contribution in [1.29, 1.82) is 0 Å². The predicted molar refractivity (Wildman–Crippen MR) is 149 cm³/mol. The zero-order valence-corrected chi connectivity index (χ0v) is 25.8. The number of esters is 5. The smallest absolute Gasteiger partial charge is 0.303 e. The third kappa shape index (κ3) is 20.6. The Bertz CT molecular complexity index is 909. The second-order valence-electron chi connectivity index (χ2n) is 9.73. The zero-order valence-electron chi connectivity index (χ0n) is 25.1. The Labute approximate surface area is 251 Å². The number of nitrogens with one attached hydrogen (secondary N) is 1. The van der Waals surface area contributed by atoms with Crippen LogP contribution in [0.1, 0.15) is 98.8 Å².